The SMILES string of the molecule is Cc1ccc(F)cc1N1C(=O)[C@H]2CC[C@@H](C)C[C@@H]2C1=O. The first kappa shape index (κ1) is 13.3. The van der Waals surface area contributed by atoms with Gasteiger partial charge in [0.2, 0.25) is 11.8 Å². The minimum atomic E-state index is -0.422. The van der Waals surface area contributed by atoms with E-state index in [1.807, 2.05) is 0 Å². The summed E-state index contributed by atoms with van der Waals surface area (Å²) < 4.78 is 13.4. The Kier molecular flexibility index (Phi) is 3.11. The molecule has 3 atom stereocenters. The standard InChI is InChI=1S/C16H18FNO2/c1-9-3-6-12-13(7-9)16(20)18(15(12)19)14-8-11(17)5-4-10(14)2/h4-5,8-9,12-13H,3,6-7H2,1-2H3/t9-,12+,13+/m1/s1. The predicted octanol–water partition coefficient (Wildman–Crippen LogP) is 3.06. The van der Waals surface area contributed by atoms with Crippen LogP contribution in [0.15, 0.2) is 18.2 Å². The lowest BCUT2D eigenvalue weighted by molar-refractivity contribution is -0.122. The van der Waals surface area contributed by atoms with Gasteiger partial charge in [0.15, 0.2) is 0 Å². The maximum atomic E-state index is 13.4. The number of nitrogens with zero attached hydrogens (tertiary/aromatic N) is 1. The molecule has 20 heavy (non-hydrogen) atoms. The summed E-state index contributed by atoms with van der Waals surface area (Å²) in [5.41, 5.74) is 1.15. The number of carbonyl (C=O) groups excluding carboxylic acids is 2. The highest BCUT2D eigenvalue weighted by atomic mass is 19.1. The van der Waals surface area contributed by atoms with Crippen molar-refractivity contribution in [1.29, 1.82) is 0 Å². The Bertz CT molecular complexity index is 584. The number of rotatable bonds is 1. The van der Waals surface area contributed by atoms with Crippen molar-refractivity contribution in [3.8, 4) is 0 Å². The molecule has 4 heteroatoms. The van der Waals surface area contributed by atoms with Crippen LogP contribution < -0.4 is 4.90 Å². The Morgan fingerprint density at radius 1 is 1.15 bits per heavy atom. The van der Waals surface area contributed by atoms with E-state index in [1.165, 1.54) is 17.0 Å². The molecule has 1 heterocycles. The zero-order chi connectivity index (χ0) is 14.4. The second kappa shape index (κ2) is 4.69. The van der Waals surface area contributed by atoms with Gasteiger partial charge in [-0.1, -0.05) is 13.0 Å². The number of hydrogen-bond acceptors (Lipinski definition) is 2. The lowest BCUT2D eigenvalue weighted by atomic mass is 9.76. The first-order valence-corrected chi connectivity index (χ1v) is 7.13. The monoisotopic (exact) mass is 275 g/mol. The second-order valence-electron chi connectivity index (χ2n) is 6.07. The minimum Gasteiger partial charge on any atom is -0.274 e. The fourth-order valence-electron chi connectivity index (χ4n) is 3.45. The van der Waals surface area contributed by atoms with Crippen LogP contribution in [0.4, 0.5) is 10.1 Å². The number of fused-ring (bicyclic) bond motifs is 1. The largest absolute Gasteiger partial charge is 0.274 e. The zero-order valence-corrected chi connectivity index (χ0v) is 11.7. The third-order valence-electron chi connectivity index (χ3n) is 4.60. The van der Waals surface area contributed by atoms with Crippen molar-refractivity contribution in [3.63, 3.8) is 0 Å². The van der Waals surface area contributed by atoms with Crippen molar-refractivity contribution in [2.75, 3.05) is 4.90 Å². The van der Waals surface area contributed by atoms with Crippen LogP contribution in [0.1, 0.15) is 31.7 Å². The number of benzene rings is 1. The van der Waals surface area contributed by atoms with Crippen LogP contribution in [0.3, 0.4) is 0 Å². The molecule has 1 saturated carbocycles. The van der Waals surface area contributed by atoms with Crippen LogP contribution in [0.5, 0.6) is 0 Å². The Balaban J connectivity index is 2.00. The van der Waals surface area contributed by atoms with Crippen molar-refractivity contribution in [2.45, 2.75) is 33.1 Å². The molecule has 0 spiro atoms. The van der Waals surface area contributed by atoms with Gasteiger partial charge >= 0.3 is 0 Å². The highest BCUT2D eigenvalue weighted by Gasteiger charge is 2.50. The number of aryl methyl sites for hydroxylation is 1. The number of imide groups is 1. The van der Waals surface area contributed by atoms with Crippen LogP contribution in [0.2, 0.25) is 0 Å². The van der Waals surface area contributed by atoms with Gasteiger partial charge in [-0.15, -0.1) is 0 Å². The van der Waals surface area contributed by atoms with Crippen molar-refractivity contribution in [3.05, 3.63) is 29.6 Å². The number of amides is 2. The molecule has 1 saturated heterocycles. The van der Waals surface area contributed by atoms with E-state index in [1.54, 1.807) is 13.0 Å². The molecule has 1 aliphatic carbocycles. The van der Waals surface area contributed by atoms with Crippen LogP contribution >= 0.6 is 0 Å². The molecule has 3 rings (SSSR count). The number of halogens is 1. The summed E-state index contributed by atoms with van der Waals surface area (Å²) in [7, 11) is 0. The van der Waals surface area contributed by atoms with E-state index in [2.05, 4.69) is 6.92 Å². The zero-order valence-electron chi connectivity index (χ0n) is 11.7. The van der Waals surface area contributed by atoms with Crippen molar-refractivity contribution in [1.82, 2.24) is 0 Å². The maximum absolute atomic E-state index is 13.4. The van der Waals surface area contributed by atoms with Crippen molar-refractivity contribution >= 4 is 17.5 Å². The van der Waals surface area contributed by atoms with Gasteiger partial charge in [-0.05, 0) is 49.8 Å². The van der Waals surface area contributed by atoms with Gasteiger partial charge in [0.05, 0.1) is 17.5 Å². The topological polar surface area (TPSA) is 37.4 Å². The van der Waals surface area contributed by atoms with Gasteiger partial charge in [-0.25, -0.2) is 9.29 Å². The maximum Gasteiger partial charge on any atom is 0.237 e. The van der Waals surface area contributed by atoms with Crippen molar-refractivity contribution < 1.29 is 14.0 Å². The third kappa shape index (κ3) is 1.94. The molecule has 0 N–H and O–H groups in total. The molecule has 0 aromatic heterocycles. The summed E-state index contributed by atoms with van der Waals surface area (Å²) in [4.78, 5) is 26.3. The molecule has 1 aromatic rings. The summed E-state index contributed by atoms with van der Waals surface area (Å²) >= 11 is 0. The second-order valence-corrected chi connectivity index (χ2v) is 6.07. The smallest absolute Gasteiger partial charge is 0.237 e. The first-order chi connectivity index (χ1) is 9.49. The van der Waals surface area contributed by atoms with E-state index in [9.17, 15) is 14.0 Å². The van der Waals surface area contributed by atoms with Crippen molar-refractivity contribution in [2.24, 2.45) is 17.8 Å². The third-order valence-corrected chi connectivity index (χ3v) is 4.60. The molecule has 3 nitrogen and oxygen atoms in total. The lowest BCUT2D eigenvalue weighted by Crippen LogP contribution is -2.31. The fourth-order valence-corrected chi connectivity index (χ4v) is 3.45. The number of hydrogen-bond donors (Lipinski definition) is 0. The van der Waals surface area contributed by atoms with E-state index in [4.69, 9.17) is 0 Å². The molecule has 0 bridgehead atoms. The highest BCUT2D eigenvalue weighted by molar-refractivity contribution is 6.22. The van der Waals surface area contributed by atoms with E-state index in [-0.39, 0.29) is 23.7 Å². The minimum absolute atomic E-state index is 0.152. The van der Waals surface area contributed by atoms with Crippen LogP contribution in [-0.4, -0.2) is 11.8 Å². The normalized spacial score (nSPS) is 29.8. The Morgan fingerprint density at radius 2 is 1.85 bits per heavy atom. The molecular weight excluding hydrogens is 257 g/mol. The molecule has 1 aromatic carbocycles. The summed E-state index contributed by atoms with van der Waals surface area (Å²) in [5.74, 6) is -0.674. The van der Waals surface area contributed by atoms with Crippen LogP contribution in [0, 0.1) is 30.5 Å². The molecule has 2 fully saturated rings. The van der Waals surface area contributed by atoms with Gasteiger partial charge in [-0.2, -0.15) is 0 Å². The first-order valence-electron chi connectivity index (χ1n) is 7.13. The Hall–Kier alpha value is -1.71. The van der Waals surface area contributed by atoms with E-state index in [0.29, 0.717) is 11.6 Å². The summed E-state index contributed by atoms with van der Waals surface area (Å²) in [6.07, 6.45) is 2.51. The van der Waals surface area contributed by atoms with Gasteiger partial charge < -0.3 is 0 Å². The highest BCUT2D eigenvalue weighted by Crippen LogP contribution is 2.42. The van der Waals surface area contributed by atoms with Gasteiger partial charge in [0.1, 0.15) is 5.82 Å². The summed E-state index contributed by atoms with van der Waals surface area (Å²) in [6.45, 7) is 3.91. The van der Waals surface area contributed by atoms with E-state index < -0.39 is 5.82 Å². The van der Waals surface area contributed by atoms with Gasteiger partial charge in [0, 0.05) is 0 Å². The average Bonchev–Trinajstić information content (AvgIpc) is 2.65. The van der Waals surface area contributed by atoms with Crippen LogP contribution in [0.25, 0.3) is 0 Å². The Morgan fingerprint density at radius 3 is 2.60 bits per heavy atom. The summed E-state index contributed by atoms with van der Waals surface area (Å²) in [6, 6.07) is 4.24. The number of carbonyl (C=O) groups is 2. The number of anilines is 1. The van der Waals surface area contributed by atoms with Gasteiger partial charge in [-0.3, -0.25) is 9.59 Å². The quantitative estimate of drug-likeness (QED) is 0.739. The molecular formula is C16H18FNO2. The molecule has 0 unspecified atom stereocenters. The lowest BCUT2D eigenvalue weighted by Gasteiger charge is -2.25. The molecule has 2 aliphatic rings. The predicted molar refractivity (Wildman–Crippen MR) is 73.6 cm³/mol. The average molecular weight is 275 g/mol. The summed E-state index contributed by atoms with van der Waals surface area (Å²) in [5, 5.41) is 0. The molecule has 2 amide bonds. The van der Waals surface area contributed by atoms with E-state index in [0.717, 1.165) is 24.8 Å². The molecule has 1 aliphatic heterocycles. The fraction of sp³-hybridized carbons (Fsp3) is 0.500. The Labute approximate surface area is 117 Å². The van der Waals surface area contributed by atoms with Crippen LogP contribution in [-0.2, 0) is 9.59 Å². The molecule has 106 valence electrons. The van der Waals surface area contributed by atoms with Gasteiger partial charge in [0.25, 0.3) is 0 Å². The molecule has 0 radical (unpaired) electrons. The van der Waals surface area contributed by atoms with E-state index >= 15 is 0 Å².